The smallest absolute Gasteiger partial charge is 0.475 e. The average Bonchev–Trinajstić information content (AvgIpc) is 3.18. The van der Waals surface area contributed by atoms with Gasteiger partial charge in [-0.25, -0.2) is 19.8 Å². The third kappa shape index (κ3) is 4.32. The van der Waals surface area contributed by atoms with E-state index >= 15 is 0 Å². The molecule has 4 heterocycles. The van der Waals surface area contributed by atoms with Crippen molar-refractivity contribution in [2.45, 2.75) is 11.7 Å². The zero-order valence-electron chi connectivity index (χ0n) is 19.3. The first-order chi connectivity index (χ1) is 18.4. The van der Waals surface area contributed by atoms with Gasteiger partial charge in [0.05, 0.1) is 0 Å². The van der Waals surface area contributed by atoms with Gasteiger partial charge in [0.2, 0.25) is 5.95 Å². The van der Waals surface area contributed by atoms with Gasteiger partial charge >= 0.3 is 12.1 Å². The molecule has 13 heteroatoms. The largest absolute Gasteiger partial charge is 0.490 e. The van der Waals surface area contributed by atoms with Crippen LogP contribution in [0.4, 0.5) is 22.0 Å². The van der Waals surface area contributed by atoms with Crippen LogP contribution in [-0.4, -0.2) is 33.1 Å². The molecular weight excluding hydrogens is 547 g/mol. The lowest BCUT2D eigenvalue weighted by atomic mass is 9.75. The third-order valence-electron chi connectivity index (χ3n) is 6.07. The predicted octanol–water partition coefficient (Wildman–Crippen LogP) is 5.83. The van der Waals surface area contributed by atoms with E-state index in [0.29, 0.717) is 33.8 Å². The van der Waals surface area contributed by atoms with Crippen LogP contribution in [0.3, 0.4) is 0 Å². The number of nitrogens with zero attached hydrogens (tertiary/aromatic N) is 3. The number of pyridine rings is 2. The van der Waals surface area contributed by atoms with Crippen molar-refractivity contribution in [1.82, 2.24) is 9.97 Å². The van der Waals surface area contributed by atoms with Crippen LogP contribution in [0.2, 0.25) is 5.15 Å². The van der Waals surface area contributed by atoms with Crippen LogP contribution in [0, 0.1) is 11.9 Å². The van der Waals surface area contributed by atoms with E-state index in [2.05, 4.69) is 9.97 Å². The summed E-state index contributed by atoms with van der Waals surface area (Å²) in [4.78, 5) is 21.2. The number of carboxylic acid groups (broad SMARTS) is 1. The second kappa shape index (κ2) is 9.31. The molecule has 198 valence electrons. The number of aliphatic carboxylic acids is 1. The van der Waals surface area contributed by atoms with Crippen molar-refractivity contribution < 1.29 is 36.6 Å². The highest BCUT2D eigenvalue weighted by Crippen LogP contribution is 2.56. The maximum atomic E-state index is 14.9. The number of benzene rings is 2. The molecule has 39 heavy (non-hydrogen) atoms. The number of aliphatic imine (C=N–C) groups is 1. The van der Waals surface area contributed by atoms with E-state index < -0.39 is 29.6 Å². The van der Waals surface area contributed by atoms with E-state index in [1.54, 1.807) is 30.3 Å². The Bertz CT molecular complexity index is 1680. The number of aromatic nitrogens is 2. The predicted molar refractivity (Wildman–Crippen MR) is 130 cm³/mol. The van der Waals surface area contributed by atoms with Crippen LogP contribution in [0.1, 0.15) is 22.3 Å². The fourth-order valence-corrected chi connectivity index (χ4v) is 4.68. The van der Waals surface area contributed by atoms with Crippen molar-refractivity contribution in [1.29, 1.82) is 0 Å². The monoisotopic (exact) mass is 560 g/mol. The molecular formula is C26H14ClF5N4O3. The summed E-state index contributed by atoms with van der Waals surface area (Å²) in [6.07, 6.45) is -3.70. The Hall–Kier alpha value is -4.58. The van der Waals surface area contributed by atoms with Crippen LogP contribution in [0.15, 0.2) is 71.9 Å². The summed E-state index contributed by atoms with van der Waals surface area (Å²) in [7, 11) is 0. The van der Waals surface area contributed by atoms with E-state index in [1.165, 1.54) is 12.3 Å². The van der Waals surface area contributed by atoms with Crippen LogP contribution < -0.4 is 10.5 Å². The summed E-state index contributed by atoms with van der Waals surface area (Å²) < 4.78 is 67.0. The Morgan fingerprint density at radius 1 is 0.949 bits per heavy atom. The van der Waals surface area contributed by atoms with E-state index in [0.717, 1.165) is 11.1 Å². The van der Waals surface area contributed by atoms with Gasteiger partial charge in [-0.15, -0.1) is 0 Å². The SMILES string of the molecule is NC1=NC2(c3cc(-c4cccnc4F)ccc3Oc3c2cc(Cl)nc3F)c2ccccc21.O=C(O)C(F)(F)F. The van der Waals surface area contributed by atoms with Gasteiger partial charge in [-0.05, 0) is 41.5 Å². The average molecular weight is 561 g/mol. The normalized spacial score (nSPS) is 16.7. The van der Waals surface area contributed by atoms with Crippen molar-refractivity contribution in [3.05, 3.63) is 106 Å². The highest BCUT2D eigenvalue weighted by atomic mass is 35.5. The van der Waals surface area contributed by atoms with E-state index in [4.69, 9.17) is 37.0 Å². The van der Waals surface area contributed by atoms with Crippen LogP contribution in [0.5, 0.6) is 11.5 Å². The molecule has 0 saturated carbocycles. The molecule has 0 aliphatic carbocycles. The molecule has 6 rings (SSSR count). The lowest BCUT2D eigenvalue weighted by molar-refractivity contribution is -0.192. The molecule has 1 unspecified atom stereocenters. The molecule has 0 fully saturated rings. The van der Waals surface area contributed by atoms with Crippen molar-refractivity contribution in [2.24, 2.45) is 10.7 Å². The molecule has 0 bridgehead atoms. The zero-order chi connectivity index (χ0) is 28.1. The third-order valence-corrected chi connectivity index (χ3v) is 6.26. The molecule has 0 radical (unpaired) electrons. The van der Waals surface area contributed by atoms with E-state index in [1.807, 2.05) is 24.3 Å². The first-order valence-corrected chi connectivity index (χ1v) is 11.4. The number of hydrogen-bond acceptors (Lipinski definition) is 6. The highest BCUT2D eigenvalue weighted by molar-refractivity contribution is 6.29. The van der Waals surface area contributed by atoms with Crippen molar-refractivity contribution in [3.8, 4) is 22.6 Å². The molecule has 7 nitrogen and oxygen atoms in total. The Labute approximate surface area is 221 Å². The summed E-state index contributed by atoms with van der Waals surface area (Å²) in [5.74, 6) is -3.62. The van der Waals surface area contributed by atoms with Gasteiger partial charge < -0.3 is 15.6 Å². The number of rotatable bonds is 1. The van der Waals surface area contributed by atoms with Crippen molar-refractivity contribution >= 4 is 23.4 Å². The topological polar surface area (TPSA) is 111 Å². The van der Waals surface area contributed by atoms with Crippen molar-refractivity contribution in [2.75, 3.05) is 0 Å². The highest BCUT2D eigenvalue weighted by Gasteiger charge is 2.50. The minimum atomic E-state index is -5.08. The second-order valence-corrected chi connectivity index (χ2v) is 8.71. The molecule has 4 aromatic rings. The zero-order valence-corrected chi connectivity index (χ0v) is 20.1. The fourth-order valence-electron chi connectivity index (χ4n) is 4.50. The fraction of sp³-hybridized carbons (Fsp3) is 0.0769. The summed E-state index contributed by atoms with van der Waals surface area (Å²) in [5, 5.41) is 7.08. The first kappa shape index (κ1) is 26.0. The summed E-state index contributed by atoms with van der Waals surface area (Å²) in [6, 6.07) is 17.4. The van der Waals surface area contributed by atoms with Gasteiger partial charge in [0, 0.05) is 28.5 Å². The minimum absolute atomic E-state index is 0.0414. The number of nitrogens with two attached hydrogens (primary N) is 1. The summed E-state index contributed by atoms with van der Waals surface area (Å²) in [5.41, 5.74) is 8.39. The second-order valence-electron chi connectivity index (χ2n) is 8.32. The van der Waals surface area contributed by atoms with Crippen LogP contribution in [0.25, 0.3) is 11.1 Å². The number of alkyl halides is 3. The number of hydrogen-bond donors (Lipinski definition) is 2. The molecule has 2 aromatic carbocycles. The summed E-state index contributed by atoms with van der Waals surface area (Å²) >= 11 is 6.14. The van der Waals surface area contributed by atoms with E-state index in [-0.39, 0.29) is 10.9 Å². The van der Waals surface area contributed by atoms with Gasteiger partial charge in [0.15, 0.2) is 5.75 Å². The molecule has 2 aliphatic rings. The standard InChI is InChI=1S/C24H13ClF2N4O.C2HF3O2/c25-19-11-17-20(22(27)30-19)32-18-8-7-12(13-5-3-9-29-21(13)26)10-16(18)24(17)15-6-2-1-4-14(15)23(28)31-24;3-2(4,5)1(6)7/h1-11H,(H2,28,31);(H,6,7). The summed E-state index contributed by atoms with van der Waals surface area (Å²) in [6.45, 7) is 0. The van der Waals surface area contributed by atoms with Gasteiger partial charge in [-0.3, -0.25) is 0 Å². The molecule has 0 amide bonds. The lowest BCUT2D eigenvalue weighted by Crippen LogP contribution is -2.30. The Morgan fingerprint density at radius 3 is 2.33 bits per heavy atom. The quantitative estimate of drug-likeness (QED) is 0.224. The maximum Gasteiger partial charge on any atom is 0.490 e. The number of amidine groups is 1. The van der Waals surface area contributed by atoms with E-state index in [9.17, 15) is 22.0 Å². The van der Waals surface area contributed by atoms with Crippen LogP contribution >= 0.6 is 11.6 Å². The number of carboxylic acids is 1. The maximum absolute atomic E-state index is 14.9. The van der Waals surface area contributed by atoms with Crippen LogP contribution in [-0.2, 0) is 10.3 Å². The van der Waals surface area contributed by atoms with Crippen molar-refractivity contribution in [3.63, 3.8) is 0 Å². The number of carbonyl (C=O) groups is 1. The van der Waals surface area contributed by atoms with Gasteiger partial charge in [0.1, 0.15) is 22.3 Å². The number of halogens is 6. The molecule has 0 saturated heterocycles. The Morgan fingerprint density at radius 2 is 1.64 bits per heavy atom. The molecule has 3 N–H and O–H groups in total. The lowest BCUT2D eigenvalue weighted by Gasteiger charge is -2.36. The Balaban J connectivity index is 0.000000392. The molecule has 1 spiro atoms. The van der Waals surface area contributed by atoms with Gasteiger partial charge in [-0.1, -0.05) is 41.9 Å². The number of ether oxygens (including phenoxy) is 1. The minimum Gasteiger partial charge on any atom is -0.475 e. The molecule has 2 aliphatic heterocycles. The first-order valence-electron chi connectivity index (χ1n) is 11.0. The molecule has 1 atom stereocenters. The number of fused-ring (bicyclic) bond motifs is 6. The molecule has 2 aromatic heterocycles. The van der Waals surface area contributed by atoms with Gasteiger partial charge in [-0.2, -0.15) is 22.0 Å². The van der Waals surface area contributed by atoms with Gasteiger partial charge in [0.25, 0.3) is 5.95 Å². The Kier molecular flexibility index (Phi) is 6.22.